The number of aromatic amines is 1. The van der Waals surface area contributed by atoms with Crippen molar-refractivity contribution >= 4 is 32.7 Å². The number of aryl methyl sites for hydroxylation is 1. The van der Waals surface area contributed by atoms with E-state index in [9.17, 15) is 17.9 Å². The second-order valence-electron chi connectivity index (χ2n) is 6.83. The summed E-state index contributed by atoms with van der Waals surface area (Å²) in [5.74, 6) is 0.820. The van der Waals surface area contributed by atoms with Crippen LogP contribution in [0.1, 0.15) is 30.1 Å². The number of nitrogens with one attached hydrogen (secondary N) is 2. The van der Waals surface area contributed by atoms with E-state index in [4.69, 9.17) is 4.55 Å². The van der Waals surface area contributed by atoms with Gasteiger partial charge >= 0.3 is 0 Å². The molecule has 2 heterocycles. The summed E-state index contributed by atoms with van der Waals surface area (Å²) in [7, 11) is -3.66. The lowest BCUT2D eigenvalue weighted by molar-refractivity contribution is 0.210. The number of rotatable bonds is 5. The molecule has 0 aliphatic carbocycles. The Balaban J connectivity index is 0.000000427. The van der Waals surface area contributed by atoms with Crippen molar-refractivity contribution in [1.82, 2.24) is 20.2 Å². The molecule has 0 bridgehead atoms. The molecule has 4 aromatic rings. The van der Waals surface area contributed by atoms with E-state index in [1.54, 1.807) is 0 Å². The van der Waals surface area contributed by atoms with Crippen LogP contribution in [0.3, 0.4) is 0 Å². The highest BCUT2D eigenvalue weighted by Gasteiger charge is 2.17. The molecule has 4 rings (SSSR count). The molecule has 0 spiro atoms. The molecule has 11 heteroatoms. The molecule has 9 nitrogen and oxygen atoms in total. The van der Waals surface area contributed by atoms with Crippen molar-refractivity contribution in [2.45, 2.75) is 20.0 Å². The van der Waals surface area contributed by atoms with E-state index >= 15 is 0 Å². The number of fused-ring (bicyclic) bond motifs is 1. The second-order valence-corrected chi connectivity index (χ2v) is 8.57. The molecule has 32 heavy (non-hydrogen) atoms. The van der Waals surface area contributed by atoms with Crippen LogP contribution < -0.4 is 5.32 Å². The topological polar surface area (TPSA) is 141 Å². The van der Waals surface area contributed by atoms with Gasteiger partial charge < -0.3 is 10.4 Å². The average Bonchev–Trinajstić information content (AvgIpc) is 3.18. The van der Waals surface area contributed by atoms with Gasteiger partial charge in [-0.25, -0.2) is 14.4 Å². The molecule has 2 aromatic carbocycles. The number of para-hydroxylation sites is 1. The van der Waals surface area contributed by atoms with E-state index in [2.05, 4.69) is 25.5 Å². The van der Waals surface area contributed by atoms with Crippen molar-refractivity contribution in [2.75, 3.05) is 11.1 Å². The van der Waals surface area contributed by atoms with Crippen LogP contribution in [-0.2, 0) is 10.1 Å². The number of aliphatic hydroxyl groups excluding tert-OH is 1. The molecular formula is C21H22FN5O4S. The summed E-state index contributed by atoms with van der Waals surface area (Å²) >= 11 is 0. The predicted molar refractivity (Wildman–Crippen MR) is 119 cm³/mol. The van der Waals surface area contributed by atoms with Crippen LogP contribution in [0.15, 0.2) is 54.6 Å². The Morgan fingerprint density at radius 3 is 2.38 bits per heavy atom. The smallest absolute Gasteiger partial charge is 0.264 e. The molecule has 0 saturated heterocycles. The summed E-state index contributed by atoms with van der Waals surface area (Å²) in [6.07, 6.45) is -1.07. The monoisotopic (exact) mass is 459 g/mol. The van der Waals surface area contributed by atoms with Crippen molar-refractivity contribution in [3.8, 4) is 0 Å². The fourth-order valence-corrected chi connectivity index (χ4v) is 2.71. The molecule has 0 fully saturated rings. The minimum Gasteiger partial charge on any atom is -0.380 e. The summed E-state index contributed by atoms with van der Waals surface area (Å²) in [6.45, 7) is 3.27. The molecule has 0 saturated carbocycles. The number of aliphatic hydroxyl groups is 1. The van der Waals surface area contributed by atoms with Crippen molar-refractivity contribution in [2.24, 2.45) is 0 Å². The maximum absolute atomic E-state index is 13.1. The van der Waals surface area contributed by atoms with Crippen LogP contribution in [-0.4, -0.2) is 44.0 Å². The number of benzene rings is 2. The maximum atomic E-state index is 13.1. The number of nitrogens with zero attached hydrogens (tertiary/aromatic N) is 3. The minimum atomic E-state index is -3.66. The van der Waals surface area contributed by atoms with Gasteiger partial charge in [-0.2, -0.15) is 13.5 Å². The first-order valence-corrected chi connectivity index (χ1v) is 11.2. The van der Waals surface area contributed by atoms with Gasteiger partial charge in [0.15, 0.2) is 11.6 Å². The van der Waals surface area contributed by atoms with Crippen molar-refractivity contribution in [3.63, 3.8) is 0 Å². The van der Waals surface area contributed by atoms with Gasteiger partial charge in [0.05, 0.1) is 11.3 Å². The van der Waals surface area contributed by atoms with Gasteiger partial charge in [-0.15, -0.1) is 0 Å². The molecule has 168 valence electrons. The number of hydrogen-bond donors (Lipinski definition) is 4. The van der Waals surface area contributed by atoms with E-state index in [0.29, 0.717) is 22.7 Å². The summed E-state index contributed by atoms with van der Waals surface area (Å²) in [5, 5.41) is 21.6. The van der Waals surface area contributed by atoms with E-state index in [0.717, 1.165) is 11.1 Å². The number of aromatic nitrogens is 4. The molecule has 0 aliphatic rings. The van der Waals surface area contributed by atoms with Crippen LogP contribution in [0, 0.1) is 12.7 Å². The summed E-state index contributed by atoms with van der Waals surface area (Å²) < 4.78 is 40.0. The zero-order valence-electron chi connectivity index (χ0n) is 17.3. The molecule has 0 aliphatic heterocycles. The van der Waals surface area contributed by atoms with E-state index < -0.39 is 16.2 Å². The highest BCUT2D eigenvalue weighted by molar-refractivity contribution is 7.85. The lowest BCUT2D eigenvalue weighted by Crippen LogP contribution is -2.08. The number of hydrogen-bond acceptors (Lipinski definition) is 7. The van der Waals surface area contributed by atoms with Crippen LogP contribution in [0.5, 0.6) is 0 Å². The first-order valence-electron chi connectivity index (χ1n) is 9.60. The van der Waals surface area contributed by atoms with Gasteiger partial charge in [-0.05, 0) is 43.7 Å². The van der Waals surface area contributed by atoms with Crippen LogP contribution in [0.25, 0.3) is 10.9 Å². The SMILES string of the molecule is CCS(=O)(=O)O.Cc1cc(Nc2nc([C@@H](O)c3ccc(F)cc3)nc3ccccc23)n[nH]1. The Kier molecular flexibility index (Phi) is 7.13. The Hall–Kier alpha value is -3.41. The zero-order chi connectivity index (χ0) is 23.3. The van der Waals surface area contributed by atoms with Gasteiger partial charge in [-0.3, -0.25) is 9.65 Å². The van der Waals surface area contributed by atoms with Crippen molar-refractivity contribution in [3.05, 3.63) is 77.5 Å². The minimum absolute atomic E-state index is 0.201. The Bertz CT molecular complexity index is 1310. The average molecular weight is 460 g/mol. The predicted octanol–water partition coefficient (Wildman–Crippen LogP) is 3.52. The Morgan fingerprint density at radius 1 is 1.12 bits per heavy atom. The fraction of sp³-hybridized carbons (Fsp3) is 0.190. The molecule has 0 amide bonds. The number of anilines is 2. The van der Waals surface area contributed by atoms with Gasteiger partial charge in [0.25, 0.3) is 10.1 Å². The van der Waals surface area contributed by atoms with Crippen LogP contribution in [0.2, 0.25) is 0 Å². The lowest BCUT2D eigenvalue weighted by atomic mass is 10.1. The summed E-state index contributed by atoms with van der Waals surface area (Å²) in [5.41, 5.74) is 2.12. The van der Waals surface area contributed by atoms with Crippen LogP contribution in [0.4, 0.5) is 16.0 Å². The molecular weight excluding hydrogens is 437 g/mol. The normalized spacial score (nSPS) is 12.2. The number of halogens is 1. The van der Waals surface area contributed by atoms with Crippen LogP contribution >= 0.6 is 0 Å². The third kappa shape index (κ3) is 6.06. The van der Waals surface area contributed by atoms with Crippen molar-refractivity contribution in [1.29, 1.82) is 0 Å². The van der Waals surface area contributed by atoms with Gasteiger partial charge in [0, 0.05) is 17.1 Å². The molecule has 0 unspecified atom stereocenters. The third-order valence-corrected chi connectivity index (χ3v) is 5.10. The van der Waals surface area contributed by atoms with E-state index in [-0.39, 0.29) is 17.4 Å². The molecule has 2 aromatic heterocycles. The van der Waals surface area contributed by atoms with E-state index in [1.165, 1.54) is 31.2 Å². The second kappa shape index (κ2) is 9.81. The fourth-order valence-electron chi connectivity index (χ4n) is 2.71. The first-order chi connectivity index (χ1) is 15.2. The third-order valence-electron chi connectivity index (χ3n) is 4.37. The summed E-state index contributed by atoms with van der Waals surface area (Å²) in [6, 6.07) is 15.0. The summed E-state index contributed by atoms with van der Waals surface area (Å²) in [4.78, 5) is 8.94. The van der Waals surface area contributed by atoms with Gasteiger partial charge in [-0.1, -0.05) is 24.3 Å². The van der Waals surface area contributed by atoms with Gasteiger partial charge in [0.2, 0.25) is 0 Å². The zero-order valence-corrected chi connectivity index (χ0v) is 18.1. The Labute approximate surface area is 184 Å². The quantitative estimate of drug-likeness (QED) is 0.332. The first kappa shape index (κ1) is 23.3. The molecule has 0 radical (unpaired) electrons. The highest BCUT2D eigenvalue weighted by atomic mass is 32.2. The lowest BCUT2D eigenvalue weighted by Gasteiger charge is -2.13. The molecule has 1 atom stereocenters. The Morgan fingerprint density at radius 2 is 1.78 bits per heavy atom. The standard InChI is InChI=1S/C19H16FN5O.C2H6O3S/c1-11-10-16(25-24-11)22-18-14-4-2-3-5-15(14)21-19(23-18)17(26)12-6-8-13(20)9-7-12;1-2-6(3,4)5/h2-10,17,26H,1H3,(H2,21,22,23,24,25);2H2,1H3,(H,3,4,5)/t17-;/m0./s1. The highest BCUT2D eigenvalue weighted by Crippen LogP contribution is 2.27. The largest absolute Gasteiger partial charge is 0.380 e. The van der Waals surface area contributed by atoms with E-state index in [1.807, 2.05) is 37.3 Å². The molecule has 4 N–H and O–H groups in total. The maximum Gasteiger partial charge on any atom is 0.264 e. The number of H-pyrrole nitrogens is 1. The van der Waals surface area contributed by atoms with Gasteiger partial charge in [0.1, 0.15) is 17.7 Å². The van der Waals surface area contributed by atoms with Crippen molar-refractivity contribution < 1.29 is 22.5 Å².